The van der Waals surface area contributed by atoms with Crippen LogP contribution in [0.3, 0.4) is 0 Å². The molecular formula is C23H29N3O3. The Bertz CT molecular complexity index is 845. The first kappa shape index (κ1) is 19.6. The molecule has 2 heterocycles. The van der Waals surface area contributed by atoms with E-state index in [1.165, 1.54) is 12.0 Å². The lowest BCUT2D eigenvalue weighted by molar-refractivity contribution is 0.0914. The number of benzene rings is 2. The first-order valence-electron chi connectivity index (χ1n) is 10.3. The van der Waals surface area contributed by atoms with E-state index in [4.69, 9.17) is 15.6 Å². The Morgan fingerprint density at radius 1 is 1.03 bits per heavy atom. The van der Waals surface area contributed by atoms with Gasteiger partial charge in [0.25, 0.3) is 0 Å². The number of amides is 1. The minimum Gasteiger partial charge on any atom is -0.489 e. The van der Waals surface area contributed by atoms with Crippen molar-refractivity contribution in [1.82, 2.24) is 9.80 Å². The number of hydrogen-bond donors (Lipinski definition) is 2. The second kappa shape index (κ2) is 8.33. The molecule has 0 bridgehead atoms. The molecule has 0 unspecified atom stereocenters. The van der Waals surface area contributed by atoms with Crippen LogP contribution in [0.1, 0.15) is 30.4 Å². The largest absolute Gasteiger partial charge is 0.489 e. The van der Waals surface area contributed by atoms with Crippen molar-refractivity contribution in [3.8, 4) is 5.75 Å². The molecule has 154 valence electrons. The summed E-state index contributed by atoms with van der Waals surface area (Å²) >= 11 is 0. The summed E-state index contributed by atoms with van der Waals surface area (Å²) in [6.45, 7) is 4.87. The summed E-state index contributed by atoms with van der Waals surface area (Å²) < 4.78 is 5.87. The predicted molar refractivity (Wildman–Crippen MR) is 113 cm³/mol. The summed E-state index contributed by atoms with van der Waals surface area (Å²) in [7, 11) is 0. The van der Waals surface area contributed by atoms with Crippen LogP contribution in [0.4, 0.5) is 10.5 Å². The number of ether oxygens (including phenoxy) is 1. The number of carboxylic acid groups (broad SMARTS) is 1. The smallest absolute Gasteiger partial charge is 0.407 e. The molecule has 2 saturated heterocycles. The average molecular weight is 396 g/mol. The number of piperidine rings is 1. The van der Waals surface area contributed by atoms with Crippen LogP contribution in [0, 0.1) is 5.41 Å². The topological polar surface area (TPSA) is 79.0 Å². The molecule has 0 saturated carbocycles. The van der Waals surface area contributed by atoms with E-state index in [1.54, 1.807) is 4.90 Å². The lowest BCUT2D eigenvalue weighted by atomic mass is 9.78. The van der Waals surface area contributed by atoms with Gasteiger partial charge in [-0.05, 0) is 55.0 Å². The molecule has 0 radical (unpaired) electrons. The van der Waals surface area contributed by atoms with E-state index in [0.29, 0.717) is 25.1 Å². The van der Waals surface area contributed by atoms with Gasteiger partial charge in [0.05, 0.1) is 0 Å². The van der Waals surface area contributed by atoms with Gasteiger partial charge in [-0.1, -0.05) is 30.3 Å². The number of likely N-dealkylation sites (tertiary alicyclic amines) is 2. The van der Waals surface area contributed by atoms with Crippen LogP contribution < -0.4 is 10.5 Å². The molecule has 29 heavy (non-hydrogen) atoms. The Morgan fingerprint density at radius 3 is 2.41 bits per heavy atom. The summed E-state index contributed by atoms with van der Waals surface area (Å²) in [5.74, 6) is 0.843. The van der Waals surface area contributed by atoms with Crippen LogP contribution in [-0.2, 0) is 13.2 Å². The molecule has 6 heteroatoms. The summed E-state index contributed by atoms with van der Waals surface area (Å²) in [6.07, 6.45) is 2.34. The third-order valence-electron chi connectivity index (χ3n) is 6.39. The molecule has 0 aromatic heterocycles. The van der Waals surface area contributed by atoms with Gasteiger partial charge in [0.15, 0.2) is 0 Å². The summed E-state index contributed by atoms with van der Waals surface area (Å²) in [5, 5.41) is 9.15. The fourth-order valence-corrected chi connectivity index (χ4v) is 4.52. The predicted octanol–water partition coefficient (Wildman–Crippen LogP) is 3.81. The highest BCUT2D eigenvalue weighted by molar-refractivity contribution is 5.65. The van der Waals surface area contributed by atoms with E-state index >= 15 is 0 Å². The van der Waals surface area contributed by atoms with Crippen molar-refractivity contribution in [2.75, 3.05) is 31.9 Å². The Labute approximate surface area is 171 Å². The Balaban J connectivity index is 1.27. The van der Waals surface area contributed by atoms with Crippen molar-refractivity contribution in [2.45, 2.75) is 32.4 Å². The van der Waals surface area contributed by atoms with Crippen LogP contribution in [0.25, 0.3) is 0 Å². The standard InChI is InChI=1S/C23H29N3O3/c24-21-4-2-1-3-19(21)16-29-20-7-5-18(6-8-20)15-25-12-9-23(17-25)10-13-26(14-11-23)22(27)28/h1-8H,9-17,24H2,(H,27,28). The third-order valence-corrected chi connectivity index (χ3v) is 6.39. The number of carbonyl (C=O) groups is 1. The molecule has 2 fully saturated rings. The van der Waals surface area contributed by atoms with Crippen molar-refractivity contribution < 1.29 is 14.6 Å². The molecule has 2 aliphatic rings. The van der Waals surface area contributed by atoms with Crippen LogP contribution in [0.2, 0.25) is 0 Å². The van der Waals surface area contributed by atoms with Gasteiger partial charge in [-0.2, -0.15) is 0 Å². The second-order valence-corrected chi connectivity index (χ2v) is 8.36. The van der Waals surface area contributed by atoms with Crippen molar-refractivity contribution in [3.05, 3.63) is 59.7 Å². The first-order valence-corrected chi connectivity index (χ1v) is 10.3. The number of hydrogen-bond acceptors (Lipinski definition) is 4. The van der Waals surface area contributed by atoms with Gasteiger partial charge < -0.3 is 20.5 Å². The van der Waals surface area contributed by atoms with E-state index in [9.17, 15) is 4.79 Å². The molecule has 0 atom stereocenters. The lowest BCUT2D eigenvalue weighted by Gasteiger charge is -2.38. The first-order chi connectivity index (χ1) is 14.0. The zero-order chi connectivity index (χ0) is 20.3. The second-order valence-electron chi connectivity index (χ2n) is 8.36. The van der Waals surface area contributed by atoms with E-state index in [0.717, 1.165) is 49.5 Å². The number of para-hydroxylation sites is 1. The zero-order valence-corrected chi connectivity index (χ0v) is 16.7. The highest BCUT2D eigenvalue weighted by Crippen LogP contribution is 2.40. The Morgan fingerprint density at radius 2 is 1.72 bits per heavy atom. The van der Waals surface area contributed by atoms with Crippen LogP contribution in [-0.4, -0.2) is 47.2 Å². The number of anilines is 1. The maximum absolute atomic E-state index is 11.1. The number of nitrogens with zero attached hydrogens (tertiary/aromatic N) is 2. The molecule has 1 spiro atoms. The van der Waals surface area contributed by atoms with Gasteiger partial charge >= 0.3 is 6.09 Å². The van der Waals surface area contributed by atoms with Crippen molar-refractivity contribution in [2.24, 2.45) is 5.41 Å². The molecule has 2 aromatic rings. The van der Waals surface area contributed by atoms with Crippen LogP contribution in [0.15, 0.2) is 48.5 Å². The zero-order valence-electron chi connectivity index (χ0n) is 16.7. The maximum atomic E-state index is 11.1. The average Bonchev–Trinajstić information content (AvgIpc) is 3.11. The highest BCUT2D eigenvalue weighted by atomic mass is 16.5. The van der Waals surface area contributed by atoms with Gasteiger partial charge in [-0.3, -0.25) is 4.90 Å². The summed E-state index contributed by atoms with van der Waals surface area (Å²) in [6, 6.07) is 16.0. The highest BCUT2D eigenvalue weighted by Gasteiger charge is 2.41. The van der Waals surface area contributed by atoms with E-state index in [-0.39, 0.29) is 0 Å². The summed E-state index contributed by atoms with van der Waals surface area (Å²) in [5.41, 5.74) is 9.28. The molecule has 2 aliphatic heterocycles. The lowest BCUT2D eigenvalue weighted by Crippen LogP contribution is -2.43. The van der Waals surface area contributed by atoms with Crippen LogP contribution in [0.5, 0.6) is 5.75 Å². The van der Waals surface area contributed by atoms with E-state index in [1.807, 2.05) is 36.4 Å². The minimum atomic E-state index is -0.785. The molecule has 0 aliphatic carbocycles. The third kappa shape index (κ3) is 4.65. The van der Waals surface area contributed by atoms with Crippen molar-refractivity contribution >= 4 is 11.8 Å². The van der Waals surface area contributed by atoms with Gasteiger partial charge in [0, 0.05) is 37.4 Å². The molecule has 2 aromatic carbocycles. The van der Waals surface area contributed by atoms with Gasteiger partial charge in [-0.25, -0.2) is 4.79 Å². The van der Waals surface area contributed by atoms with Crippen molar-refractivity contribution in [1.29, 1.82) is 0 Å². The minimum absolute atomic E-state index is 0.296. The Kier molecular flexibility index (Phi) is 5.62. The number of nitrogens with two attached hydrogens (primary N) is 1. The van der Waals surface area contributed by atoms with Gasteiger partial charge in [-0.15, -0.1) is 0 Å². The molecule has 1 amide bonds. The normalized spacial score (nSPS) is 18.8. The molecule has 3 N–H and O–H groups in total. The fraction of sp³-hybridized carbons (Fsp3) is 0.435. The van der Waals surface area contributed by atoms with Crippen LogP contribution >= 0.6 is 0 Å². The SMILES string of the molecule is Nc1ccccc1COc1ccc(CN2CCC3(CCN(C(=O)O)CC3)C2)cc1. The monoisotopic (exact) mass is 395 g/mol. The van der Waals surface area contributed by atoms with E-state index in [2.05, 4.69) is 17.0 Å². The fourth-order valence-electron chi connectivity index (χ4n) is 4.52. The van der Waals surface area contributed by atoms with Gasteiger partial charge in [0.1, 0.15) is 12.4 Å². The molecule has 6 nitrogen and oxygen atoms in total. The number of rotatable bonds is 5. The maximum Gasteiger partial charge on any atom is 0.407 e. The number of nitrogen functional groups attached to an aromatic ring is 1. The van der Waals surface area contributed by atoms with E-state index < -0.39 is 6.09 Å². The quantitative estimate of drug-likeness (QED) is 0.753. The Hall–Kier alpha value is -2.73. The van der Waals surface area contributed by atoms with Gasteiger partial charge in [0.2, 0.25) is 0 Å². The van der Waals surface area contributed by atoms with Crippen molar-refractivity contribution in [3.63, 3.8) is 0 Å². The summed E-state index contributed by atoms with van der Waals surface area (Å²) in [4.78, 5) is 15.2. The molecular weight excluding hydrogens is 366 g/mol. The molecule has 4 rings (SSSR count).